The SMILES string of the molecule is O=CC1(c2cn[nH]c2[N+](=O)[O-])CC1. The van der Waals surface area contributed by atoms with Gasteiger partial charge in [0.25, 0.3) is 0 Å². The molecule has 0 saturated heterocycles. The summed E-state index contributed by atoms with van der Waals surface area (Å²) in [6.45, 7) is 0. The molecule has 68 valence electrons. The van der Waals surface area contributed by atoms with E-state index in [1.54, 1.807) is 0 Å². The molecule has 1 fully saturated rings. The van der Waals surface area contributed by atoms with Gasteiger partial charge in [0.15, 0.2) is 0 Å². The van der Waals surface area contributed by atoms with Crippen LogP contribution in [0.1, 0.15) is 18.4 Å². The van der Waals surface area contributed by atoms with Gasteiger partial charge in [0, 0.05) is 0 Å². The first kappa shape index (κ1) is 7.90. The van der Waals surface area contributed by atoms with Crippen molar-refractivity contribution in [1.82, 2.24) is 10.2 Å². The van der Waals surface area contributed by atoms with Crippen molar-refractivity contribution in [2.45, 2.75) is 18.3 Å². The number of aromatic nitrogens is 2. The molecule has 1 aliphatic rings. The molecule has 13 heavy (non-hydrogen) atoms. The summed E-state index contributed by atoms with van der Waals surface area (Å²) in [7, 11) is 0. The second-order valence-corrected chi connectivity index (χ2v) is 3.16. The number of hydrogen-bond donors (Lipinski definition) is 1. The molecule has 2 rings (SSSR count). The highest BCUT2D eigenvalue weighted by Crippen LogP contribution is 2.48. The number of nitrogens with one attached hydrogen (secondary N) is 1. The minimum atomic E-state index is -0.630. The molecule has 1 N–H and O–H groups in total. The Labute approximate surface area is 73.1 Å². The number of aldehydes is 1. The Morgan fingerprint density at radius 3 is 2.85 bits per heavy atom. The summed E-state index contributed by atoms with van der Waals surface area (Å²) in [5, 5.41) is 16.3. The number of hydrogen-bond acceptors (Lipinski definition) is 4. The predicted octanol–water partition coefficient (Wildman–Crippen LogP) is 0.548. The van der Waals surface area contributed by atoms with Gasteiger partial charge in [0.1, 0.15) is 6.29 Å². The fourth-order valence-corrected chi connectivity index (χ4v) is 1.37. The van der Waals surface area contributed by atoms with Crippen molar-refractivity contribution >= 4 is 12.1 Å². The third kappa shape index (κ3) is 1.02. The summed E-state index contributed by atoms with van der Waals surface area (Å²) in [5.41, 5.74) is -0.220. The largest absolute Gasteiger partial charge is 0.358 e. The van der Waals surface area contributed by atoms with Crippen LogP contribution in [0.4, 0.5) is 5.82 Å². The number of nitro groups is 1. The van der Waals surface area contributed by atoms with Crippen LogP contribution in [0.25, 0.3) is 0 Å². The standard InChI is InChI=1S/C7H7N3O3/c11-4-7(1-2-7)5-3-8-9-6(5)10(12)13/h3-4H,1-2H2,(H,8,9). The fourth-order valence-electron chi connectivity index (χ4n) is 1.37. The smallest absolute Gasteiger partial charge is 0.346 e. The second kappa shape index (κ2) is 2.38. The quantitative estimate of drug-likeness (QED) is 0.419. The van der Waals surface area contributed by atoms with Crippen molar-refractivity contribution in [1.29, 1.82) is 0 Å². The minimum absolute atomic E-state index is 0.162. The molecular formula is C7H7N3O3. The number of aromatic amines is 1. The molecule has 0 bridgehead atoms. The monoisotopic (exact) mass is 181 g/mol. The van der Waals surface area contributed by atoms with E-state index in [2.05, 4.69) is 10.2 Å². The van der Waals surface area contributed by atoms with Crippen molar-refractivity contribution in [2.75, 3.05) is 0 Å². The Kier molecular flexibility index (Phi) is 1.45. The van der Waals surface area contributed by atoms with Crippen molar-refractivity contribution in [3.05, 3.63) is 21.9 Å². The molecular weight excluding hydrogens is 174 g/mol. The first-order valence-corrected chi connectivity index (χ1v) is 3.84. The van der Waals surface area contributed by atoms with E-state index in [4.69, 9.17) is 0 Å². The molecule has 0 radical (unpaired) electrons. The van der Waals surface area contributed by atoms with Gasteiger partial charge in [-0.05, 0) is 17.8 Å². The Balaban J connectivity index is 2.46. The van der Waals surface area contributed by atoms with Gasteiger partial charge >= 0.3 is 5.82 Å². The third-order valence-electron chi connectivity index (χ3n) is 2.35. The van der Waals surface area contributed by atoms with Crippen LogP contribution in [0.2, 0.25) is 0 Å². The van der Waals surface area contributed by atoms with Crippen LogP contribution in [0.5, 0.6) is 0 Å². The van der Waals surface area contributed by atoms with Crippen LogP contribution in [0, 0.1) is 10.1 Å². The first-order valence-electron chi connectivity index (χ1n) is 3.84. The van der Waals surface area contributed by atoms with Gasteiger partial charge in [-0.25, -0.2) is 0 Å². The number of nitrogens with zero attached hydrogens (tertiary/aromatic N) is 2. The lowest BCUT2D eigenvalue weighted by atomic mass is 10.0. The summed E-state index contributed by atoms with van der Waals surface area (Å²) in [4.78, 5) is 20.6. The third-order valence-corrected chi connectivity index (χ3v) is 2.35. The van der Waals surface area contributed by atoms with Gasteiger partial charge in [-0.1, -0.05) is 5.10 Å². The predicted molar refractivity (Wildman–Crippen MR) is 42.2 cm³/mol. The maximum absolute atomic E-state index is 10.7. The van der Waals surface area contributed by atoms with Crippen molar-refractivity contribution < 1.29 is 9.72 Å². The van der Waals surface area contributed by atoms with Crippen LogP contribution < -0.4 is 0 Å². The van der Waals surface area contributed by atoms with E-state index in [0.717, 1.165) is 6.29 Å². The molecule has 1 aliphatic carbocycles. The van der Waals surface area contributed by atoms with Crippen molar-refractivity contribution in [3.63, 3.8) is 0 Å². The molecule has 0 aliphatic heterocycles. The summed E-state index contributed by atoms with van der Waals surface area (Å²) < 4.78 is 0. The van der Waals surface area contributed by atoms with Crippen LogP contribution in [0.15, 0.2) is 6.20 Å². The van der Waals surface area contributed by atoms with E-state index in [0.29, 0.717) is 18.4 Å². The van der Waals surface area contributed by atoms with E-state index in [-0.39, 0.29) is 5.82 Å². The van der Waals surface area contributed by atoms with Gasteiger partial charge in [-0.15, -0.1) is 5.10 Å². The Bertz CT molecular complexity index is 367. The molecule has 0 atom stereocenters. The first-order chi connectivity index (χ1) is 6.19. The van der Waals surface area contributed by atoms with E-state index in [9.17, 15) is 14.9 Å². The normalized spacial score (nSPS) is 18.2. The summed E-state index contributed by atoms with van der Waals surface area (Å²) in [6.07, 6.45) is 3.48. The van der Waals surface area contributed by atoms with E-state index < -0.39 is 10.3 Å². The lowest BCUT2D eigenvalue weighted by molar-refractivity contribution is -0.390. The molecule has 0 spiro atoms. The zero-order valence-electron chi connectivity index (χ0n) is 6.69. The van der Waals surface area contributed by atoms with Crippen LogP contribution in [-0.2, 0) is 10.2 Å². The number of carbonyl (C=O) groups excluding carboxylic acids is 1. The van der Waals surface area contributed by atoms with Crippen LogP contribution in [-0.4, -0.2) is 21.4 Å². The summed E-state index contributed by atoms with van der Waals surface area (Å²) in [5.74, 6) is -0.162. The maximum Gasteiger partial charge on any atom is 0.346 e. The lowest BCUT2D eigenvalue weighted by Crippen LogP contribution is -2.09. The van der Waals surface area contributed by atoms with Crippen LogP contribution in [0.3, 0.4) is 0 Å². The van der Waals surface area contributed by atoms with Gasteiger partial charge in [0.2, 0.25) is 0 Å². The maximum atomic E-state index is 10.7. The molecule has 6 heteroatoms. The Morgan fingerprint density at radius 1 is 1.69 bits per heavy atom. The van der Waals surface area contributed by atoms with E-state index in [1.807, 2.05) is 0 Å². The minimum Gasteiger partial charge on any atom is -0.358 e. The van der Waals surface area contributed by atoms with E-state index >= 15 is 0 Å². The second-order valence-electron chi connectivity index (χ2n) is 3.16. The fraction of sp³-hybridized carbons (Fsp3) is 0.429. The molecule has 1 heterocycles. The molecule has 1 aromatic rings. The number of carbonyl (C=O) groups is 1. The Morgan fingerprint density at radius 2 is 2.38 bits per heavy atom. The number of H-pyrrole nitrogens is 1. The van der Waals surface area contributed by atoms with Crippen molar-refractivity contribution in [2.24, 2.45) is 0 Å². The number of rotatable bonds is 3. The molecule has 0 aromatic carbocycles. The van der Waals surface area contributed by atoms with Gasteiger partial charge in [0.05, 0.1) is 17.2 Å². The zero-order chi connectivity index (χ0) is 9.47. The molecule has 6 nitrogen and oxygen atoms in total. The molecule has 1 aromatic heterocycles. The molecule has 0 unspecified atom stereocenters. The zero-order valence-corrected chi connectivity index (χ0v) is 6.69. The Hall–Kier alpha value is -1.72. The topological polar surface area (TPSA) is 88.9 Å². The highest BCUT2D eigenvalue weighted by atomic mass is 16.6. The average Bonchev–Trinajstić information content (AvgIpc) is 2.74. The van der Waals surface area contributed by atoms with Gasteiger partial charge < -0.3 is 14.9 Å². The molecule has 1 saturated carbocycles. The van der Waals surface area contributed by atoms with Crippen molar-refractivity contribution in [3.8, 4) is 0 Å². The van der Waals surface area contributed by atoms with E-state index in [1.165, 1.54) is 6.20 Å². The highest BCUT2D eigenvalue weighted by Gasteiger charge is 2.49. The lowest BCUT2D eigenvalue weighted by Gasteiger charge is -2.01. The van der Waals surface area contributed by atoms with Gasteiger partial charge in [-0.2, -0.15) is 0 Å². The summed E-state index contributed by atoms with van der Waals surface area (Å²) >= 11 is 0. The highest BCUT2D eigenvalue weighted by molar-refractivity contribution is 5.74. The summed E-state index contributed by atoms with van der Waals surface area (Å²) in [6, 6.07) is 0. The average molecular weight is 181 g/mol. The molecule has 0 amide bonds. The van der Waals surface area contributed by atoms with Gasteiger partial charge in [-0.3, -0.25) is 0 Å². The van der Waals surface area contributed by atoms with Crippen LogP contribution >= 0.6 is 0 Å².